The highest BCUT2D eigenvalue weighted by molar-refractivity contribution is 9.11. The number of nitrogens with one attached hydrogen (secondary N) is 1. The molecule has 7 heteroatoms. The average molecular weight is 352 g/mol. The minimum atomic E-state index is -0.645. The molecular weight excluding hydrogens is 344 g/mol. The molecule has 16 heavy (non-hydrogen) atoms. The number of carbonyl (C=O) groups is 1. The van der Waals surface area contributed by atoms with Gasteiger partial charge >= 0.3 is 6.09 Å². The van der Waals surface area contributed by atoms with Gasteiger partial charge in [0.2, 0.25) is 0 Å². The van der Waals surface area contributed by atoms with Crippen molar-refractivity contribution in [3.63, 3.8) is 0 Å². The first-order valence-electron chi connectivity index (χ1n) is 4.09. The summed E-state index contributed by atoms with van der Waals surface area (Å²) >= 11 is 6.36. The second-order valence-corrected chi connectivity index (χ2v) is 4.40. The van der Waals surface area contributed by atoms with E-state index in [0.717, 1.165) is 0 Å². The van der Waals surface area contributed by atoms with E-state index in [4.69, 9.17) is 0 Å². The van der Waals surface area contributed by atoms with E-state index >= 15 is 0 Å². The number of ether oxygens (including phenoxy) is 1. The number of carbonyl (C=O) groups excluding carboxylic acids is 1. The van der Waals surface area contributed by atoms with E-state index in [0.29, 0.717) is 14.5 Å². The summed E-state index contributed by atoms with van der Waals surface area (Å²) in [6.45, 7) is 0. The molecule has 0 radical (unpaired) electrons. The third kappa shape index (κ3) is 3.49. The van der Waals surface area contributed by atoms with Crippen molar-refractivity contribution in [2.24, 2.45) is 5.10 Å². The summed E-state index contributed by atoms with van der Waals surface area (Å²) in [5, 5.41) is 13.1. The lowest BCUT2D eigenvalue weighted by atomic mass is 10.2. The van der Waals surface area contributed by atoms with E-state index < -0.39 is 6.09 Å². The van der Waals surface area contributed by atoms with Crippen molar-refractivity contribution in [1.82, 2.24) is 5.43 Å². The van der Waals surface area contributed by atoms with Crippen LogP contribution in [0.1, 0.15) is 5.56 Å². The first-order chi connectivity index (χ1) is 7.54. The molecule has 0 heterocycles. The molecule has 0 fully saturated rings. The van der Waals surface area contributed by atoms with Crippen molar-refractivity contribution in [2.45, 2.75) is 0 Å². The molecular formula is C9H8Br2N2O3. The number of halogens is 2. The summed E-state index contributed by atoms with van der Waals surface area (Å²) in [4.78, 5) is 10.7. The van der Waals surface area contributed by atoms with Gasteiger partial charge in [-0.1, -0.05) is 0 Å². The van der Waals surface area contributed by atoms with Crippen LogP contribution in [0.15, 0.2) is 26.2 Å². The molecule has 2 N–H and O–H groups in total. The standard InChI is InChI=1S/C9H8Br2N2O3/c1-16-9(15)13-12-4-5-2-6(10)8(14)7(11)3-5/h2-4,14H,1H3,(H,13,15). The summed E-state index contributed by atoms with van der Waals surface area (Å²) in [5.41, 5.74) is 2.85. The van der Waals surface area contributed by atoms with E-state index in [1.165, 1.54) is 13.3 Å². The zero-order valence-electron chi connectivity index (χ0n) is 8.20. The summed E-state index contributed by atoms with van der Waals surface area (Å²) in [7, 11) is 1.25. The largest absolute Gasteiger partial charge is 0.506 e. The van der Waals surface area contributed by atoms with E-state index in [2.05, 4.69) is 47.1 Å². The molecule has 1 aromatic rings. The number of aromatic hydroxyl groups is 1. The molecule has 1 rings (SSSR count). The highest BCUT2D eigenvalue weighted by Gasteiger charge is 2.04. The Morgan fingerprint density at radius 1 is 1.50 bits per heavy atom. The summed E-state index contributed by atoms with van der Waals surface area (Å²) in [6.07, 6.45) is 0.777. The minimum absolute atomic E-state index is 0.109. The fourth-order valence-corrected chi connectivity index (χ4v) is 2.09. The molecule has 0 atom stereocenters. The topological polar surface area (TPSA) is 70.9 Å². The Bertz CT molecular complexity index is 412. The van der Waals surface area contributed by atoms with Crippen LogP contribution in [0.4, 0.5) is 4.79 Å². The molecule has 0 aliphatic carbocycles. The first kappa shape index (κ1) is 13.0. The van der Waals surface area contributed by atoms with Crippen LogP contribution in [0.3, 0.4) is 0 Å². The van der Waals surface area contributed by atoms with Gasteiger partial charge in [-0.3, -0.25) is 0 Å². The predicted molar refractivity (Wildman–Crippen MR) is 66.6 cm³/mol. The van der Waals surface area contributed by atoms with Gasteiger partial charge in [-0.05, 0) is 49.6 Å². The van der Waals surface area contributed by atoms with Crippen molar-refractivity contribution in [2.75, 3.05) is 7.11 Å². The Labute approximate surface area is 109 Å². The van der Waals surface area contributed by atoms with Crippen LogP contribution in [-0.4, -0.2) is 24.5 Å². The lowest BCUT2D eigenvalue weighted by Gasteiger charge is -2.01. The number of phenolic OH excluding ortho intramolecular Hbond substituents is 1. The van der Waals surface area contributed by atoms with E-state index in [1.807, 2.05) is 0 Å². The van der Waals surface area contributed by atoms with Crippen molar-refractivity contribution < 1.29 is 14.6 Å². The number of hydrogen-bond acceptors (Lipinski definition) is 4. The Hall–Kier alpha value is -1.08. The zero-order valence-corrected chi connectivity index (χ0v) is 11.4. The van der Waals surface area contributed by atoms with Crippen LogP contribution < -0.4 is 5.43 Å². The highest BCUT2D eigenvalue weighted by Crippen LogP contribution is 2.32. The third-order valence-electron chi connectivity index (χ3n) is 1.59. The lowest BCUT2D eigenvalue weighted by Crippen LogP contribution is -2.16. The molecule has 1 amide bonds. The molecule has 0 bridgehead atoms. The van der Waals surface area contributed by atoms with Crippen molar-refractivity contribution in [3.05, 3.63) is 26.6 Å². The Morgan fingerprint density at radius 2 is 2.06 bits per heavy atom. The Morgan fingerprint density at radius 3 is 2.56 bits per heavy atom. The summed E-state index contributed by atoms with van der Waals surface area (Å²) < 4.78 is 5.39. The van der Waals surface area contributed by atoms with E-state index in [-0.39, 0.29) is 5.75 Å². The monoisotopic (exact) mass is 350 g/mol. The molecule has 1 aromatic carbocycles. The van der Waals surface area contributed by atoms with Gasteiger partial charge in [-0.2, -0.15) is 5.10 Å². The fraction of sp³-hybridized carbons (Fsp3) is 0.111. The van der Waals surface area contributed by atoms with Crippen LogP contribution in [0, 0.1) is 0 Å². The number of hydrogen-bond donors (Lipinski definition) is 2. The molecule has 5 nitrogen and oxygen atoms in total. The van der Waals surface area contributed by atoms with Gasteiger partial charge in [0.1, 0.15) is 5.75 Å². The highest BCUT2D eigenvalue weighted by atomic mass is 79.9. The minimum Gasteiger partial charge on any atom is -0.506 e. The maximum absolute atomic E-state index is 10.7. The van der Waals surface area contributed by atoms with Crippen molar-refractivity contribution in [1.29, 1.82) is 0 Å². The Kier molecular flexibility index (Phi) is 4.75. The van der Waals surface area contributed by atoms with Gasteiger partial charge in [0.05, 0.1) is 22.3 Å². The maximum atomic E-state index is 10.7. The van der Waals surface area contributed by atoms with Gasteiger partial charge in [-0.25, -0.2) is 10.2 Å². The number of phenols is 1. The Balaban J connectivity index is 2.78. The number of amides is 1. The van der Waals surface area contributed by atoms with Crippen molar-refractivity contribution >= 4 is 44.2 Å². The smallest absolute Gasteiger partial charge is 0.427 e. The van der Waals surface area contributed by atoms with Gasteiger partial charge in [0.15, 0.2) is 0 Å². The predicted octanol–water partition coefficient (Wildman–Crippen LogP) is 2.61. The quantitative estimate of drug-likeness (QED) is 0.635. The summed E-state index contributed by atoms with van der Waals surface area (Å²) in [5.74, 6) is 0.109. The van der Waals surface area contributed by atoms with Gasteiger partial charge in [-0.15, -0.1) is 0 Å². The van der Waals surface area contributed by atoms with Crippen LogP contribution in [0.25, 0.3) is 0 Å². The molecule has 0 unspecified atom stereocenters. The SMILES string of the molecule is COC(=O)NN=Cc1cc(Br)c(O)c(Br)c1. The van der Waals surface area contributed by atoms with Gasteiger partial charge in [0, 0.05) is 0 Å². The normalized spacial score (nSPS) is 10.4. The fourth-order valence-electron chi connectivity index (χ4n) is 0.865. The maximum Gasteiger partial charge on any atom is 0.427 e. The molecule has 0 aliphatic rings. The molecule has 86 valence electrons. The average Bonchev–Trinajstić information content (AvgIpc) is 2.25. The van der Waals surface area contributed by atoms with Crippen LogP contribution in [0.5, 0.6) is 5.75 Å². The van der Waals surface area contributed by atoms with Crippen LogP contribution in [-0.2, 0) is 4.74 Å². The second kappa shape index (κ2) is 5.86. The van der Waals surface area contributed by atoms with E-state index in [9.17, 15) is 9.90 Å². The first-order valence-corrected chi connectivity index (χ1v) is 5.68. The molecule has 0 aliphatic heterocycles. The molecule has 0 spiro atoms. The number of hydrazone groups is 1. The molecule has 0 aromatic heterocycles. The van der Waals surface area contributed by atoms with Gasteiger partial charge in [0.25, 0.3) is 0 Å². The molecule has 0 saturated heterocycles. The lowest BCUT2D eigenvalue weighted by molar-refractivity contribution is 0.171. The van der Waals surface area contributed by atoms with Gasteiger partial charge < -0.3 is 9.84 Å². The van der Waals surface area contributed by atoms with Crippen LogP contribution in [0.2, 0.25) is 0 Å². The molecule has 0 saturated carbocycles. The summed E-state index contributed by atoms with van der Waals surface area (Å²) in [6, 6.07) is 3.31. The number of rotatable bonds is 2. The van der Waals surface area contributed by atoms with Crippen LogP contribution >= 0.6 is 31.9 Å². The van der Waals surface area contributed by atoms with E-state index in [1.54, 1.807) is 12.1 Å². The number of benzene rings is 1. The van der Waals surface area contributed by atoms with Crippen molar-refractivity contribution in [3.8, 4) is 5.75 Å². The number of nitrogens with zero attached hydrogens (tertiary/aromatic N) is 1. The third-order valence-corrected chi connectivity index (χ3v) is 2.80. The zero-order chi connectivity index (χ0) is 12.1. The second-order valence-electron chi connectivity index (χ2n) is 2.69. The number of methoxy groups -OCH3 is 1.